The predicted molar refractivity (Wildman–Crippen MR) is 78.9 cm³/mol. The molecule has 1 aromatic heterocycles. The Morgan fingerprint density at radius 1 is 1.20 bits per heavy atom. The summed E-state index contributed by atoms with van der Waals surface area (Å²) >= 11 is 3.27. The molecule has 20 heavy (non-hydrogen) atoms. The van der Waals surface area contributed by atoms with Gasteiger partial charge >= 0.3 is 0 Å². The third-order valence-electron chi connectivity index (χ3n) is 2.71. The van der Waals surface area contributed by atoms with E-state index in [0.29, 0.717) is 11.3 Å². The minimum Gasteiger partial charge on any atom is -0.287 e. The lowest BCUT2D eigenvalue weighted by Gasteiger charge is -2.09. The number of carbonyl (C=O) groups is 1. The number of aromatic nitrogens is 3. The number of hydrogen-bond acceptors (Lipinski definition) is 5. The van der Waals surface area contributed by atoms with Crippen LogP contribution in [0.3, 0.4) is 0 Å². The van der Waals surface area contributed by atoms with E-state index in [-0.39, 0.29) is 11.6 Å². The normalized spacial score (nSPS) is 14.6. The van der Waals surface area contributed by atoms with Gasteiger partial charge in [-0.15, -0.1) is 23.5 Å². The maximum Gasteiger partial charge on any atom is 0.213 e. The van der Waals surface area contributed by atoms with Crippen molar-refractivity contribution in [1.82, 2.24) is 14.8 Å². The summed E-state index contributed by atoms with van der Waals surface area (Å²) in [4.78, 5) is 16.5. The van der Waals surface area contributed by atoms with Crippen LogP contribution in [0.1, 0.15) is 10.4 Å². The topological polar surface area (TPSA) is 47.8 Å². The molecule has 0 N–H and O–H groups in total. The molecule has 1 saturated heterocycles. The number of thioether (sulfide) groups is 2. The number of benzene rings is 1. The molecule has 1 aromatic carbocycles. The first kappa shape index (κ1) is 13.4. The van der Waals surface area contributed by atoms with Gasteiger partial charge in [-0.2, -0.15) is 5.10 Å². The van der Waals surface area contributed by atoms with Gasteiger partial charge in [-0.1, -0.05) is 0 Å². The van der Waals surface area contributed by atoms with Gasteiger partial charge in [0.05, 0.1) is 4.24 Å². The minimum atomic E-state index is -0.360. The second kappa shape index (κ2) is 5.80. The number of nitrogens with zero attached hydrogens (tertiary/aromatic N) is 3. The van der Waals surface area contributed by atoms with Crippen molar-refractivity contribution >= 4 is 35.0 Å². The molecule has 0 amide bonds. The van der Waals surface area contributed by atoms with Crippen molar-refractivity contribution in [2.24, 2.45) is 0 Å². The summed E-state index contributed by atoms with van der Waals surface area (Å²) in [5, 5.41) is 4.05. The molecule has 2 heterocycles. The van der Waals surface area contributed by atoms with Crippen LogP contribution in [0.4, 0.5) is 4.39 Å². The van der Waals surface area contributed by atoms with Crippen molar-refractivity contribution in [3.8, 4) is 0 Å². The lowest BCUT2D eigenvalue weighted by atomic mass is 10.1. The quantitative estimate of drug-likeness (QED) is 0.644. The van der Waals surface area contributed by atoms with Gasteiger partial charge in [0.25, 0.3) is 0 Å². The summed E-state index contributed by atoms with van der Waals surface area (Å²) < 4.78 is 15.4. The number of allylic oxidation sites excluding steroid dienone is 1. The average Bonchev–Trinajstić information content (AvgIpc) is 3.13. The van der Waals surface area contributed by atoms with Crippen molar-refractivity contribution in [2.45, 2.75) is 0 Å². The van der Waals surface area contributed by atoms with E-state index in [0.717, 1.165) is 15.7 Å². The largest absolute Gasteiger partial charge is 0.287 e. The van der Waals surface area contributed by atoms with Gasteiger partial charge in [-0.05, 0) is 24.3 Å². The van der Waals surface area contributed by atoms with Crippen molar-refractivity contribution in [1.29, 1.82) is 0 Å². The van der Waals surface area contributed by atoms with Gasteiger partial charge in [0.2, 0.25) is 5.78 Å². The van der Waals surface area contributed by atoms with Crippen molar-refractivity contribution in [3.05, 3.63) is 52.5 Å². The summed E-state index contributed by atoms with van der Waals surface area (Å²) in [6.07, 6.45) is 2.89. The number of ketones is 1. The predicted octanol–water partition coefficient (Wildman–Crippen LogP) is 2.91. The van der Waals surface area contributed by atoms with E-state index in [1.165, 1.54) is 41.6 Å². The van der Waals surface area contributed by atoms with Crippen LogP contribution in [0.5, 0.6) is 0 Å². The van der Waals surface area contributed by atoms with E-state index >= 15 is 0 Å². The molecule has 0 radical (unpaired) electrons. The van der Waals surface area contributed by atoms with Crippen LogP contribution in [0, 0.1) is 5.82 Å². The molecule has 1 aliphatic rings. The Labute approximate surface area is 123 Å². The molecule has 0 saturated carbocycles. The fraction of sp³-hybridized carbons (Fsp3) is 0.154. The van der Waals surface area contributed by atoms with E-state index < -0.39 is 0 Å². The molecule has 0 aliphatic carbocycles. The van der Waals surface area contributed by atoms with Crippen LogP contribution in [0.15, 0.2) is 41.2 Å². The third kappa shape index (κ3) is 2.64. The van der Waals surface area contributed by atoms with Crippen LogP contribution in [-0.2, 0) is 0 Å². The van der Waals surface area contributed by atoms with Gasteiger partial charge in [-0.25, -0.2) is 14.1 Å². The lowest BCUT2D eigenvalue weighted by Crippen LogP contribution is -2.11. The molecule has 1 fully saturated rings. The smallest absolute Gasteiger partial charge is 0.213 e. The van der Waals surface area contributed by atoms with Gasteiger partial charge in [-0.3, -0.25) is 4.79 Å². The van der Waals surface area contributed by atoms with Gasteiger partial charge in [0.1, 0.15) is 24.2 Å². The Bertz CT molecular complexity index is 645. The maximum atomic E-state index is 13.0. The Morgan fingerprint density at radius 3 is 2.50 bits per heavy atom. The molecule has 0 bridgehead atoms. The first-order valence-corrected chi connectivity index (χ1v) is 7.88. The fourth-order valence-corrected chi connectivity index (χ4v) is 4.32. The second-order valence-electron chi connectivity index (χ2n) is 4.01. The van der Waals surface area contributed by atoms with Crippen molar-refractivity contribution < 1.29 is 9.18 Å². The van der Waals surface area contributed by atoms with Crippen LogP contribution in [-0.4, -0.2) is 32.1 Å². The van der Waals surface area contributed by atoms with Gasteiger partial charge in [0.15, 0.2) is 0 Å². The van der Waals surface area contributed by atoms with Crippen LogP contribution in [0.25, 0.3) is 5.70 Å². The highest BCUT2D eigenvalue weighted by Gasteiger charge is 2.23. The molecule has 0 atom stereocenters. The molecule has 0 unspecified atom stereocenters. The van der Waals surface area contributed by atoms with Crippen LogP contribution in [0.2, 0.25) is 0 Å². The number of rotatable bonds is 3. The first-order chi connectivity index (χ1) is 9.75. The third-order valence-corrected chi connectivity index (χ3v) is 5.41. The van der Waals surface area contributed by atoms with Crippen molar-refractivity contribution in [3.63, 3.8) is 0 Å². The zero-order chi connectivity index (χ0) is 13.9. The minimum absolute atomic E-state index is 0.174. The number of Topliss-reactive ketones (excluding diaryl/α,β-unsaturated/α-hetero) is 1. The molecular weight excluding hydrogens is 297 g/mol. The monoisotopic (exact) mass is 307 g/mol. The summed E-state index contributed by atoms with van der Waals surface area (Å²) in [5.41, 5.74) is 0.930. The molecule has 102 valence electrons. The summed E-state index contributed by atoms with van der Waals surface area (Å²) in [5.74, 6) is 1.40. The fourth-order valence-electron chi connectivity index (χ4n) is 1.80. The summed E-state index contributed by atoms with van der Waals surface area (Å²) in [6, 6.07) is 5.54. The summed E-state index contributed by atoms with van der Waals surface area (Å²) in [7, 11) is 0. The van der Waals surface area contributed by atoms with E-state index in [9.17, 15) is 9.18 Å². The molecule has 0 spiro atoms. The van der Waals surface area contributed by atoms with E-state index in [1.807, 2.05) is 0 Å². The first-order valence-electron chi connectivity index (χ1n) is 5.91. The Hall–Kier alpha value is -1.60. The second-order valence-corrected chi connectivity index (χ2v) is 6.48. The highest BCUT2D eigenvalue weighted by Crippen LogP contribution is 2.40. The van der Waals surface area contributed by atoms with Gasteiger partial charge in [0, 0.05) is 17.1 Å². The van der Waals surface area contributed by atoms with E-state index in [1.54, 1.807) is 23.5 Å². The number of hydrogen-bond donors (Lipinski definition) is 0. The van der Waals surface area contributed by atoms with Crippen LogP contribution >= 0.6 is 23.5 Å². The zero-order valence-electron chi connectivity index (χ0n) is 10.3. The SMILES string of the molecule is O=C(C(=C1SCCS1)n1cncn1)c1ccc(F)cc1. The Morgan fingerprint density at radius 2 is 1.90 bits per heavy atom. The standard InChI is InChI=1S/C13H10FN3OS2/c14-10-3-1-9(2-4-10)12(18)11(13-19-5-6-20-13)17-8-15-7-16-17/h1-4,7-8H,5-6H2. The molecule has 1 aliphatic heterocycles. The Kier molecular flexibility index (Phi) is 3.88. The maximum absolute atomic E-state index is 13.0. The molecule has 2 aromatic rings. The number of halogens is 1. The highest BCUT2D eigenvalue weighted by molar-refractivity contribution is 8.25. The zero-order valence-corrected chi connectivity index (χ0v) is 12.0. The average molecular weight is 307 g/mol. The van der Waals surface area contributed by atoms with E-state index in [4.69, 9.17) is 0 Å². The molecule has 7 heteroatoms. The van der Waals surface area contributed by atoms with Crippen LogP contribution < -0.4 is 0 Å². The molecule has 3 rings (SSSR count). The molecular formula is C13H10FN3OS2. The van der Waals surface area contributed by atoms with Gasteiger partial charge < -0.3 is 0 Å². The summed E-state index contributed by atoms with van der Waals surface area (Å²) in [6.45, 7) is 0. The number of carbonyl (C=O) groups excluding carboxylic acids is 1. The van der Waals surface area contributed by atoms with E-state index in [2.05, 4.69) is 10.1 Å². The highest BCUT2D eigenvalue weighted by atomic mass is 32.2. The van der Waals surface area contributed by atoms with Crippen molar-refractivity contribution in [2.75, 3.05) is 11.5 Å². The lowest BCUT2D eigenvalue weighted by molar-refractivity contribution is 0.105. The molecule has 4 nitrogen and oxygen atoms in total. The Balaban J connectivity index is 2.04.